The van der Waals surface area contributed by atoms with E-state index in [4.69, 9.17) is 14.2 Å². The number of hydrogen-bond donors (Lipinski definition) is 3. The zero-order chi connectivity index (χ0) is 15.9. The standard InChI is InChI=1S/C15H18O7/c1-5(2)14(18)6-11(17)22-8(14)7(16)12(3)13(4-20-13)9-10(21-9)15(6,12)19/h6-10,16,18-19H,1,4H2,2-3H3/t6-,7+,8-,9+,10-,12-,13?,14+,15-/m0/s1. The van der Waals surface area contributed by atoms with Crippen molar-refractivity contribution < 1.29 is 34.3 Å². The molecule has 120 valence electrons. The molecule has 5 fully saturated rings. The van der Waals surface area contributed by atoms with Crippen LogP contribution in [0.2, 0.25) is 0 Å². The number of rotatable bonds is 1. The normalized spacial score (nSPS) is 66.8. The molecule has 0 aromatic rings. The van der Waals surface area contributed by atoms with Crippen molar-refractivity contribution in [2.24, 2.45) is 11.3 Å². The Morgan fingerprint density at radius 3 is 2.50 bits per heavy atom. The van der Waals surface area contributed by atoms with E-state index in [1.54, 1.807) is 13.8 Å². The smallest absolute Gasteiger partial charge is 0.315 e. The molecule has 5 aliphatic rings. The van der Waals surface area contributed by atoms with Crippen LogP contribution >= 0.6 is 0 Å². The van der Waals surface area contributed by atoms with Crippen molar-refractivity contribution in [2.45, 2.75) is 55.1 Å². The van der Waals surface area contributed by atoms with Crippen molar-refractivity contribution >= 4 is 5.97 Å². The first-order valence-corrected chi connectivity index (χ1v) is 7.46. The molecule has 7 heteroatoms. The SMILES string of the molecule is C=C(C)[C@]1(O)[C@H]2OC(=O)[C@@H]1[C@]1(O)[C@H]3O[C@H]3C3(CO3)[C@]1(C)[C@@H]2O. The summed E-state index contributed by atoms with van der Waals surface area (Å²) < 4.78 is 16.4. The third-order valence-electron chi connectivity index (χ3n) is 6.91. The van der Waals surface area contributed by atoms with Crippen LogP contribution < -0.4 is 0 Å². The molecular weight excluding hydrogens is 292 g/mol. The van der Waals surface area contributed by atoms with E-state index in [1.165, 1.54) is 0 Å². The first kappa shape index (κ1) is 13.4. The number of epoxide rings is 2. The number of carbonyl (C=O) groups excluding carboxylic acids is 1. The van der Waals surface area contributed by atoms with Crippen molar-refractivity contribution in [2.75, 3.05) is 6.61 Å². The lowest BCUT2D eigenvalue weighted by Gasteiger charge is -2.56. The Labute approximate surface area is 126 Å². The van der Waals surface area contributed by atoms with Crippen molar-refractivity contribution in [3.63, 3.8) is 0 Å². The van der Waals surface area contributed by atoms with Crippen LogP contribution in [-0.4, -0.2) is 69.1 Å². The zero-order valence-electron chi connectivity index (χ0n) is 12.3. The number of hydrogen-bond acceptors (Lipinski definition) is 7. The highest BCUT2D eigenvalue weighted by Gasteiger charge is 2.96. The van der Waals surface area contributed by atoms with E-state index < -0.39 is 52.4 Å². The molecule has 2 saturated carbocycles. The minimum atomic E-state index is -1.82. The molecule has 1 spiro atoms. The zero-order valence-corrected chi connectivity index (χ0v) is 12.3. The van der Waals surface area contributed by atoms with Crippen LogP contribution in [0.4, 0.5) is 0 Å². The molecule has 2 aliphatic carbocycles. The summed E-state index contributed by atoms with van der Waals surface area (Å²) >= 11 is 0. The Morgan fingerprint density at radius 1 is 1.32 bits per heavy atom. The van der Waals surface area contributed by atoms with Gasteiger partial charge in [0, 0.05) is 0 Å². The molecule has 0 radical (unpaired) electrons. The third kappa shape index (κ3) is 0.917. The second-order valence-electron chi connectivity index (χ2n) is 7.52. The van der Waals surface area contributed by atoms with Crippen LogP contribution in [0.5, 0.6) is 0 Å². The molecule has 3 saturated heterocycles. The van der Waals surface area contributed by atoms with E-state index in [0.29, 0.717) is 6.61 Å². The maximum atomic E-state index is 12.4. The van der Waals surface area contributed by atoms with E-state index in [-0.39, 0.29) is 11.7 Å². The summed E-state index contributed by atoms with van der Waals surface area (Å²) in [5.74, 6) is -1.97. The van der Waals surface area contributed by atoms with Gasteiger partial charge in [-0.2, -0.15) is 0 Å². The lowest BCUT2D eigenvalue weighted by molar-refractivity contribution is -0.267. The maximum absolute atomic E-state index is 12.4. The molecule has 9 atom stereocenters. The van der Waals surface area contributed by atoms with Gasteiger partial charge in [0.15, 0.2) is 6.10 Å². The van der Waals surface area contributed by atoms with Gasteiger partial charge in [0.05, 0.1) is 12.0 Å². The van der Waals surface area contributed by atoms with Crippen molar-refractivity contribution in [1.82, 2.24) is 0 Å². The monoisotopic (exact) mass is 310 g/mol. The quantitative estimate of drug-likeness (QED) is 0.307. The first-order chi connectivity index (χ1) is 10.2. The van der Waals surface area contributed by atoms with Crippen LogP contribution in [0, 0.1) is 11.3 Å². The van der Waals surface area contributed by atoms with Gasteiger partial charge in [-0.3, -0.25) is 4.79 Å². The van der Waals surface area contributed by atoms with Crippen LogP contribution in [0.25, 0.3) is 0 Å². The summed E-state index contributed by atoms with van der Waals surface area (Å²) in [6.45, 7) is 7.35. The minimum absolute atomic E-state index is 0.276. The fraction of sp³-hybridized carbons (Fsp3) is 0.800. The maximum Gasteiger partial charge on any atom is 0.315 e. The summed E-state index contributed by atoms with van der Waals surface area (Å²) in [6.07, 6.45) is -3.46. The molecule has 22 heavy (non-hydrogen) atoms. The molecule has 0 aromatic carbocycles. The number of fused-ring (bicyclic) bond motifs is 8. The van der Waals surface area contributed by atoms with Gasteiger partial charge in [-0.25, -0.2) is 0 Å². The second-order valence-corrected chi connectivity index (χ2v) is 7.52. The Kier molecular flexibility index (Phi) is 1.92. The fourth-order valence-electron chi connectivity index (χ4n) is 5.46. The summed E-state index contributed by atoms with van der Waals surface area (Å²) in [6, 6.07) is 0. The largest absolute Gasteiger partial charge is 0.456 e. The number of aliphatic hydroxyl groups excluding tert-OH is 1. The van der Waals surface area contributed by atoms with E-state index >= 15 is 0 Å². The third-order valence-corrected chi connectivity index (χ3v) is 6.91. The number of ether oxygens (including phenoxy) is 3. The van der Waals surface area contributed by atoms with Crippen molar-refractivity contribution in [1.29, 1.82) is 0 Å². The van der Waals surface area contributed by atoms with Gasteiger partial charge in [0.2, 0.25) is 0 Å². The second kappa shape index (κ2) is 3.14. The highest BCUT2D eigenvalue weighted by molar-refractivity contribution is 5.82. The van der Waals surface area contributed by atoms with E-state index in [0.717, 1.165) is 0 Å². The van der Waals surface area contributed by atoms with Gasteiger partial charge in [-0.15, -0.1) is 0 Å². The lowest BCUT2D eigenvalue weighted by atomic mass is 9.50. The average molecular weight is 310 g/mol. The summed E-state index contributed by atoms with van der Waals surface area (Å²) in [5.41, 5.74) is -5.26. The van der Waals surface area contributed by atoms with Crippen molar-refractivity contribution in [3.8, 4) is 0 Å². The summed E-state index contributed by atoms with van der Waals surface area (Å²) in [7, 11) is 0. The van der Waals surface area contributed by atoms with E-state index in [1.807, 2.05) is 0 Å². The van der Waals surface area contributed by atoms with Gasteiger partial charge in [-0.05, 0) is 12.5 Å². The highest BCUT2D eigenvalue weighted by Crippen LogP contribution is 2.76. The van der Waals surface area contributed by atoms with E-state index in [9.17, 15) is 20.1 Å². The highest BCUT2D eigenvalue weighted by atomic mass is 16.7. The van der Waals surface area contributed by atoms with Gasteiger partial charge in [0.1, 0.15) is 41.0 Å². The van der Waals surface area contributed by atoms with Crippen LogP contribution in [0.1, 0.15) is 13.8 Å². The predicted octanol–water partition coefficient (Wildman–Crippen LogP) is -1.50. The number of carbonyl (C=O) groups is 1. The average Bonchev–Trinajstić information content (AvgIpc) is 3.30. The molecule has 2 bridgehead atoms. The molecule has 0 aromatic heterocycles. The molecule has 0 amide bonds. The Balaban J connectivity index is 1.79. The number of aliphatic hydroxyl groups is 3. The fourth-order valence-corrected chi connectivity index (χ4v) is 5.46. The topological polar surface area (TPSA) is 112 Å². The van der Waals surface area contributed by atoms with E-state index in [2.05, 4.69) is 6.58 Å². The van der Waals surface area contributed by atoms with Crippen molar-refractivity contribution in [3.05, 3.63) is 12.2 Å². The Bertz CT molecular complexity index is 642. The molecule has 7 nitrogen and oxygen atoms in total. The Morgan fingerprint density at radius 2 is 1.95 bits per heavy atom. The Hall–Kier alpha value is -0.990. The molecule has 3 aliphatic heterocycles. The van der Waals surface area contributed by atoms with Gasteiger partial charge in [-0.1, -0.05) is 13.5 Å². The van der Waals surface area contributed by atoms with Crippen LogP contribution in [-0.2, 0) is 19.0 Å². The van der Waals surface area contributed by atoms with Crippen LogP contribution in [0.3, 0.4) is 0 Å². The van der Waals surface area contributed by atoms with Crippen LogP contribution in [0.15, 0.2) is 12.2 Å². The molecule has 3 heterocycles. The lowest BCUT2D eigenvalue weighted by Crippen LogP contribution is -2.76. The summed E-state index contributed by atoms with van der Waals surface area (Å²) in [5, 5.41) is 33.5. The summed E-state index contributed by atoms with van der Waals surface area (Å²) in [4.78, 5) is 12.4. The molecule has 5 rings (SSSR count). The molecular formula is C15H18O7. The molecule has 1 unspecified atom stereocenters. The molecule has 3 N–H and O–H groups in total. The van der Waals surface area contributed by atoms with Gasteiger partial charge in [0.25, 0.3) is 0 Å². The van der Waals surface area contributed by atoms with Gasteiger partial charge < -0.3 is 29.5 Å². The predicted molar refractivity (Wildman–Crippen MR) is 69.5 cm³/mol. The minimum Gasteiger partial charge on any atom is -0.456 e. The first-order valence-electron chi connectivity index (χ1n) is 7.46. The number of esters is 1. The van der Waals surface area contributed by atoms with Gasteiger partial charge >= 0.3 is 5.97 Å².